The maximum Gasteiger partial charge on any atom is 0.128 e. The molecule has 4 nitrogen and oxygen atoms in total. The number of fused-ring (bicyclic) bond motifs is 1. The van der Waals surface area contributed by atoms with Gasteiger partial charge in [0.05, 0.1) is 18.3 Å². The van der Waals surface area contributed by atoms with E-state index < -0.39 is 0 Å². The molecular weight excluding hydrogens is 255 g/mol. The first-order valence-electron chi connectivity index (χ1n) is 6.17. The van der Waals surface area contributed by atoms with Crippen molar-refractivity contribution >= 4 is 16.7 Å². The van der Waals surface area contributed by atoms with E-state index in [1.807, 2.05) is 22.9 Å². The zero-order valence-electron chi connectivity index (χ0n) is 10.7. The fourth-order valence-electron chi connectivity index (χ4n) is 2.19. The molecule has 3 N–H and O–H groups in total. The van der Waals surface area contributed by atoms with Crippen LogP contribution in [0.1, 0.15) is 11.1 Å². The van der Waals surface area contributed by atoms with Crippen LogP contribution >= 0.6 is 0 Å². The van der Waals surface area contributed by atoms with E-state index in [-0.39, 0.29) is 11.7 Å². The number of nitrogen functional groups attached to an aromatic ring is 1. The summed E-state index contributed by atoms with van der Waals surface area (Å²) in [6, 6.07) is 8.50. The zero-order valence-corrected chi connectivity index (χ0v) is 10.7. The van der Waals surface area contributed by atoms with E-state index in [9.17, 15) is 4.39 Å². The van der Waals surface area contributed by atoms with Crippen LogP contribution in [0.4, 0.5) is 4.39 Å². The third-order valence-corrected chi connectivity index (χ3v) is 3.28. The molecule has 2 heterocycles. The number of halogens is 1. The molecule has 0 bridgehead atoms. The first-order valence-corrected chi connectivity index (χ1v) is 6.17. The van der Waals surface area contributed by atoms with Crippen molar-refractivity contribution in [3.63, 3.8) is 0 Å². The van der Waals surface area contributed by atoms with Gasteiger partial charge in [-0.15, -0.1) is 0 Å². The molecule has 1 aromatic carbocycles. The summed E-state index contributed by atoms with van der Waals surface area (Å²) in [6.07, 6.45) is 5.40. The first kappa shape index (κ1) is 12.3. The molecule has 0 aliphatic rings. The highest BCUT2D eigenvalue weighted by atomic mass is 19.1. The summed E-state index contributed by atoms with van der Waals surface area (Å²) in [5, 5.41) is 8.37. The van der Waals surface area contributed by atoms with Crippen molar-refractivity contribution in [3.8, 4) is 0 Å². The largest absolute Gasteiger partial charge is 0.384 e. The van der Waals surface area contributed by atoms with Gasteiger partial charge in [-0.2, -0.15) is 0 Å². The second kappa shape index (κ2) is 4.77. The maximum atomic E-state index is 14.0. The van der Waals surface area contributed by atoms with Gasteiger partial charge in [0.15, 0.2) is 0 Å². The first-order chi connectivity index (χ1) is 9.65. The topological polar surface area (TPSA) is 67.7 Å². The monoisotopic (exact) mass is 268 g/mol. The van der Waals surface area contributed by atoms with Crippen molar-refractivity contribution in [2.75, 3.05) is 0 Å². The molecule has 0 atom stereocenters. The molecule has 2 aromatic heterocycles. The van der Waals surface area contributed by atoms with Crippen LogP contribution in [0.25, 0.3) is 10.9 Å². The van der Waals surface area contributed by atoms with Crippen molar-refractivity contribution in [2.45, 2.75) is 6.54 Å². The van der Waals surface area contributed by atoms with Gasteiger partial charge < -0.3 is 10.3 Å². The number of aromatic nitrogens is 2. The lowest BCUT2D eigenvalue weighted by Crippen LogP contribution is -2.12. The highest BCUT2D eigenvalue weighted by molar-refractivity contribution is 5.94. The van der Waals surface area contributed by atoms with E-state index >= 15 is 0 Å². The lowest BCUT2D eigenvalue weighted by molar-refractivity contribution is 0.601. The average Bonchev–Trinajstić information content (AvgIpc) is 2.84. The standard InChI is InChI=1S/C15H13FN4/c16-13-7-11(15(17)18)1-2-12(13)9-20-6-4-10-3-5-19-8-14(10)20/h1-8H,9H2,(H3,17,18). The van der Waals surface area contributed by atoms with E-state index in [0.717, 1.165) is 10.9 Å². The molecule has 0 saturated carbocycles. The molecule has 3 aromatic rings. The molecule has 20 heavy (non-hydrogen) atoms. The number of hydrogen-bond donors (Lipinski definition) is 2. The van der Waals surface area contributed by atoms with Gasteiger partial charge in [0, 0.05) is 28.9 Å². The molecule has 0 spiro atoms. The third kappa shape index (κ3) is 2.14. The molecule has 100 valence electrons. The Hall–Kier alpha value is -2.69. The Bertz CT molecular complexity index is 791. The van der Waals surface area contributed by atoms with E-state index in [4.69, 9.17) is 11.1 Å². The SMILES string of the molecule is N=C(N)c1ccc(Cn2ccc3ccncc32)c(F)c1. The van der Waals surface area contributed by atoms with E-state index in [1.165, 1.54) is 6.07 Å². The molecule has 0 fully saturated rings. The van der Waals surface area contributed by atoms with Crippen LogP contribution in [-0.4, -0.2) is 15.4 Å². The maximum absolute atomic E-state index is 14.0. The minimum absolute atomic E-state index is 0.133. The zero-order chi connectivity index (χ0) is 14.1. The van der Waals surface area contributed by atoms with Gasteiger partial charge in [0.1, 0.15) is 11.7 Å². The summed E-state index contributed by atoms with van der Waals surface area (Å²) in [6.45, 7) is 0.416. The molecule has 5 heteroatoms. The van der Waals surface area contributed by atoms with E-state index in [2.05, 4.69) is 4.98 Å². The molecule has 0 amide bonds. The van der Waals surface area contributed by atoms with Gasteiger partial charge in [-0.05, 0) is 18.2 Å². The summed E-state index contributed by atoms with van der Waals surface area (Å²) in [7, 11) is 0. The number of nitrogens with two attached hydrogens (primary N) is 1. The molecule has 0 aliphatic heterocycles. The number of hydrogen-bond acceptors (Lipinski definition) is 2. The Balaban J connectivity index is 1.97. The highest BCUT2D eigenvalue weighted by Gasteiger charge is 2.08. The smallest absolute Gasteiger partial charge is 0.128 e. The minimum atomic E-state index is -0.358. The second-order valence-corrected chi connectivity index (χ2v) is 4.60. The van der Waals surface area contributed by atoms with Crippen molar-refractivity contribution in [2.24, 2.45) is 5.73 Å². The predicted molar refractivity (Wildman–Crippen MR) is 76.3 cm³/mol. The van der Waals surface area contributed by atoms with Gasteiger partial charge in [-0.1, -0.05) is 12.1 Å². The van der Waals surface area contributed by atoms with Crippen LogP contribution in [-0.2, 0) is 6.54 Å². The quantitative estimate of drug-likeness (QED) is 0.566. The van der Waals surface area contributed by atoms with E-state index in [0.29, 0.717) is 17.7 Å². The van der Waals surface area contributed by atoms with E-state index in [1.54, 1.807) is 24.5 Å². The van der Waals surface area contributed by atoms with Crippen LogP contribution in [0.5, 0.6) is 0 Å². The van der Waals surface area contributed by atoms with Gasteiger partial charge in [-0.3, -0.25) is 10.4 Å². The highest BCUT2D eigenvalue weighted by Crippen LogP contribution is 2.17. The number of nitrogens with one attached hydrogen (secondary N) is 1. The van der Waals surface area contributed by atoms with Crippen LogP contribution in [0, 0.1) is 11.2 Å². The lowest BCUT2D eigenvalue weighted by Gasteiger charge is -2.08. The average molecular weight is 268 g/mol. The van der Waals surface area contributed by atoms with Crippen molar-refractivity contribution in [1.29, 1.82) is 5.41 Å². The Morgan fingerprint density at radius 2 is 2.15 bits per heavy atom. The number of benzene rings is 1. The Morgan fingerprint density at radius 1 is 1.30 bits per heavy atom. The summed E-state index contributed by atoms with van der Waals surface area (Å²) < 4.78 is 16.0. The molecule has 0 saturated heterocycles. The van der Waals surface area contributed by atoms with Crippen molar-refractivity contribution < 1.29 is 4.39 Å². The van der Waals surface area contributed by atoms with Gasteiger partial charge in [-0.25, -0.2) is 4.39 Å². The molecule has 0 unspecified atom stereocenters. The van der Waals surface area contributed by atoms with Crippen LogP contribution in [0.2, 0.25) is 0 Å². The normalized spacial score (nSPS) is 10.8. The number of nitrogens with zero attached hydrogens (tertiary/aromatic N) is 2. The minimum Gasteiger partial charge on any atom is -0.384 e. The number of pyridine rings is 1. The van der Waals surface area contributed by atoms with Crippen LogP contribution in [0.15, 0.2) is 48.9 Å². The summed E-state index contributed by atoms with van der Waals surface area (Å²) >= 11 is 0. The molecular formula is C15H13FN4. The van der Waals surface area contributed by atoms with Gasteiger partial charge in [0.2, 0.25) is 0 Å². The lowest BCUT2D eigenvalue weighted by atomic mass is 10.1. The summed E-state index contributed by atoms with van der Waals surface area (Å²) in [4.78, 5) is 4.09. The molecule has 0 aliphatic carbocycles. The molecule has 0 radical (unpaired) electrons. The molecule has 3 rings (SSSR count). The van der Waals surface area contributed by atoms with Crippen molar-refractivity contribution in [1.82, 2.24) is 9.55 Å². The third-order valence-electron chi connectivity index (χ3n) is 3.28. The number of amidine groups is 1. The van der Waals surface area contributed by atoms with Gasteiger partial charge >= 0.3 is 0 Å². The summed E-state index contributed by atoms with van der Waals surface area (Å²) in [5.74, 6) is -0.491. The second-order valence-electron chi connectivity index (χ2n) is 4.60. The number of rotatable bonds is 3. The van der Waals surface area contributed by atoms with Gasteiger partial charge in [0.25, 0.3) is 0 Å². The fourth-order valence-corrected chi connectivity index (χ4v) is 2.19. The fraction of sp³-hybridized carbons (Fsp3) is 0.0667. The van der Waals surface area contributed by atoms with Crippen LogP contribution in [0.3, 0.4) is 0 Å². The van der Waals surface area contributed by atoms with Crippen molar-refractivity contribution in [3.05, 3.63) is 65.9 Å². The Labute approximate surface area is 115 Å². The summed E-state index contributed by atoms with van der Waals surface area (Å²) in [5.41, 5.74) is 7.25. The Morgan fingerprint density at radius 3 is 2.90 bits per heavy atom. The Kier molecular flexibility index (Phi) is 2.95. The van der Waals surface area contributed by atoms with Crippen LogP contribution < -0.4 is 5.73 Å². The predicted octanol–water partition coefficient (Wildman–Crippen LogP) is 2.51.